The first-order valence-electron chi connectivity index (χ1n) is 6.51. The maximum Gasteiger partial charge on any atom is 0.146 e. The molecule has 1 N–H and O–H groups in total. The molecule has 0 aliphatic heterocycles. The Kier molecular flexibility index (Phi) is 4.24. The zero-order chi connectivity index (χ0) is 13.9. The lowest BCUT2D eigenvalue weighted by atomic mass is 10.2. The second-order valence-corrected chi connectivity index (χ2v) is 6.15. The minimum atomic E-state index is 0.671. The summed E-state index contributed by atoms with van der Waals surface area (Å²) < 4.78 is 6.66. The Labute approximate surface area is 131 Å². The monoisotopic (exact) mass is 352 g/mol. The van der Waals surface area contributed by atoms with Crippen molar-refractivity contribution in [3.63, 3.8) is 0 Å². The fraction of sp³-hybridized carbons (Fsp3) is 0.267. The van der Waals surface area contributed by atoms with E-state index < -0.39 is 0 Å². The second kappa shape index (κ2) is 6.12. The number of hydrogen-bond donors (Lipinski definition) is 1. The number of halogens is 2. The number of rotatable bonds is 5. The van der Waals surface area contributed by atoms with Crippen molar-refractivity contribution >= 4 is 27.5 Å². The molecule has 0 saturated heterocycles. The molecule has 0 atom stereocenters. The van der Waals surface area contributed by atoms with Gasteiger partial charge in [0.05, 0.1) is 10.7 Å². The van der Waals surface area contributed by atoms with Crippen molar-refractivity contribution in [1.82, 2.24) is 10.3 Å². The third-order valence-corrected chi connectivity index (χ3v) is 3.92. The van der Waals surface area contributed by atoms with Gasteiger partial charge in [-0.3, -0.25) is 4.98 Å². The predicted octanol–water partition coefficient (Wildman–Crippen LogP) is 4.54. The number of benzene rings is 1. The fourth-order valence-electron chi connectivity index (χ4n) is 1.85. The molecule has 1 aromatic carbocycles. The average Bonchev–Trinajstić information content (AvgIpc) is 3.24. The van der Waals surface area contributed by atoms with Gasteiger partial charge in [-0.15, -0.1) is 0 Å². The van der Waals surface area contributed by atoms with E-state index in [9.17, 15) is 0 Å². The van der Waals surface area contributed by atoms with Crippen LogP contribution in [0, 0.1) is 0 Å². The van der Waals surface area contributed by atoms with Crippen molar-refractivity contribution in [3.8, 4) is 11.5 Å². The summed E-state index contributed by atoms with van der Waals surface area (Å²) in [5, 5.41) is 4.13. The number of hydrogen-bond acceptors (Lipinski definition) is 3. The Bertz CT molecular complexity index is 617. The topological polar surface area (TPSA) is 34.1 Å². The van der Waals surface area contributed by atoms with E-state index in [4.69, 9.17) is 16.3 Å². The molecular formula is C15H14BrClN2O. The van der Waals surface area contributed by atoms with Crippen molar-refractivity contribution in [2.75, 3.05) is 0 Å². The summed E-state index contributed by atoms with van der Waals surface area (Å²) >= 11 is 9.35. The van der Waals surface area contributed by atoms with Gasteiger partial charge < -0.3 is 10.1 Å². The number of aromatic nitrogens is 1. The van der Waals surface area contributed by atoms with Crippen LogP contribution in [0.5, 0.6) is 11.5 Å². The average molecular weight is 354 g/mol. The smallest absolute Gasteiger partial charge is 0.146 e. The minimum Gasteiger partial charge on any atom is -0.455 e. The SMILES string of the molecule is Clc1ccc(Oc2cncc(CNC3CC3)c2)c(Br)c1. The number of pyridine rings is 1. The van der Waals surface area contributed by atoms with E-state index in [1.165, 1.54) is 12.8 Å². The van der Waals surface area contributed by atoms with Crippen molar-refractivity contribution < 1.29 is 4.74 Å². The Morgan fingerprint density at radius 3 is 2.90 bits per heavy atom. The van der Waals surface area contributed by atoms with Crippen molar-refractivity contribution in [3.05, 3.63) is 51.7 Å². The molecular weight excluding hydrogens is 340 g/mol. The second-order valence-electron chi connectivity index (χ2n) is 4.86. The van der Waals surface area contributed by atoms with Gasteiger partial charge in [-0.2, -0.15) is 0 Å². The van der Waals surface area contributed by atoms with E-state index in [0.717, 1.165) is 28.1 Å². The van der Waals surface area contributed by atoms with Crippen molar-refractivity contribution in [1.29, 1.82) is 0 Å². The van der Waals surface area contributed by atoms with Gasteiger partial charge in [0.25, 0.3) is 0 Å². The molecule has 0 bridgehead atoms. The zero-order valence-corrected chi connectivity index (χ0v) is 13.1. The number of ether oxygens (including phenoxy) is 1. The van der Waals surface area contributed by atoms with Gasteiger partial charge >= 0.3 is 0 Å². The highest BCUT2D eigenvalue weighted by Gasteiger charge is 2.20. The van der Waals surface area contributed by atoms with E-state index in [0.29, 0.717) is 11.1 Å². The van der Waals surface area contributed by atoms with Gasteiger partial charge in [0.1, 0.15) is 11.5 Å². The molecule has 104 valence electrons. The van der Waals surface area contributed by atoms with Gasteiger partial charge in [0, 0.05) is 23.8 Å². The molecule has 2 aromatic rings. The fourth-order valence-corrected chi connectivity index (χ4v) is 2.61. The molecule has 3 nitrogen and oxygen atoms in total. The number of nitrogens with zero attached hydrogens (tertiary/aromatic N) is 1. The molecule has 1 heterocycles. The molecule has 0 spiro atoms. The highest BCUT2D eigenvalue weighted by molar-refractivity contribution is 9.10. The maximum absolute atomic E-state index is 5.92. The molecule has 1 saturated carbocycles. The Morgan fingerprint density at radius 2 is 2.15 bits per heavy atom. The third-order valence-electron chi connectivity index (χ3n) is 3.06. The molecule has 5 heteroatoms. The lowest BCUT2D eigenvalue weighted by molar-refractivity contribution is 0.476. The summed E-state index contributed by atoms with van der Waals surface area (Å²) in [4.78, 5) is 4.22. The van der Waals surface area contributed by atoms with Crippen LogP contribution < -0.4 is 10.1 Å². The summed E-state index contributed by atoms with van der Waals surface area (Å²) in [6, 6.07) is 8.13. The van der Waals surface area contributed by atoms with Crippen LogP contribution in [0.25, 0.3) is 0 Å². The van der Waals surface area contributed by atoms with Crippen LogP contribution in [0.4, 0.5) is 0 Å². The van der Waals surface area contributed by atoms with Crippen LogP contribution in [-0.2, 0) is 6.54 Å². The molecule has 0 amide bonds. The molecule has 1 aliphatic carbocycles. The zero-order valence-electron chi connectivity index (χ0n) is 10.8. The van der Waals surface area contributed by atoms with E-state index in [2.05, 4.69) is 26.2 Å². The minimum absolute atomic E-state index is 0.671. The summed E-state index contributed by atoms with van der Waals surface area (Å²) in [5.74, 6) is 1.45. The maximum atomic E-state index is 5.92. The standard InChI is InChI=1S/C15H14BrClN2O/c16-14-6-11(17)1-4-15(14)20-13-5-10(7-18-9-13)8-19-12-2-3-12/h1,4-7,9,12,19H,2-3,8H2. The van der Waals surface area contributed by atoms with Crippen LogP contribution >= 0.6 is 27.5 Å². The van der Waals surface area contributed by atoms with E-state index in [1.807, 2.05) is 24.4 Å². The summed E-state index contributed by atoms with van der Waals surface area (Å²) in [5.41, 5.74) is 1.12. The van der Waals surface area contributed by atoms with Crippen LogP contribution in [-0.4, -0.2) is 11.0 Å². The Morgan fingerprint density at radius 1 is 1.30 bits per heavy atom. The number of nitrogens with one attached hydrogen (secondary N) is 1. The first kappa shape index (κ1) is 13.9. The van der Waals surface area contributed by atoms with Gasteiger partial charge in [0.15, 0.2) is 0 Å². The van der Waals surface area contributed by atoms with Gasteiger partial charge in [-0.05, 0) is 58.6 Å². The Hall–Kier alpha value is -1.10. The summed E-state index contributed by atoms with van der Waals surface area (Å²) in [6.45, 7) is 0.830. The van der Waals surface area contributed by atoms with Crippen LogP contribution in [0.15, 0.2) is 41.1 Å². The largest absolute Gasteiger partial charge is 0.455 e. The molecule has 1 aliphatic rings. The lowest BCUT2D eigenvalue weighted by Gasteiger charge is -2.09. The normalized spacial score (nSPS) is 14.3. The van der Waals surface area contributed by atoms with E-state index in [-0.39, 0.29) is 0 Å². The van der Waals surface area contributed by atoms with Crippen LogP contribution in [0.2, 0.25) is 5.02 Å². The third kappa shape index (κ3) is 3.72. The molecule has 1 aromatic heterocycles. The molecule has 3 rings (SSSR count). The molecule has 20 heavy (non-hydrogen) atoms. The van der Waals surface area contributed by atoms with Gasteiger partial charge in [-0.25, -0.2) is 0 Å². The summed E-state index contributed by atoms with van der Waals surface area (Å²) in [7, 11) is 0. The molecule has 0 unspecified atom stereocenters. The Balaban J connectivity index is 1.70. The van der Waals surface area contributed by atoms with Gasteiger partial charge in [-0.1, -0.05) is 11.6 Å². The first-order chi connectivity index (χ1) is 9.70. The molecule has 1 fully saturated rings. The van der Waals surface area contributed by atoms with E-state index >= 15 is 0 Å². The van der Waals surface area contributed by atoms with Crippen molar-refractivity contribution in [2.24, 2.45) is 0 Å². The highest BCUT2D eigenvalue weighted by atomic mass is 79.9. The first-order valence-corrected chi connectivity index (χ1v) is 7.68. The van der Waals surface area contributed by atoms with Crippen LogP contribution in [0.3, 0.4) is 0 Å². The van der Waals surface area contributed by atoms with Crippen LogP contribution in [0.1, 0.15) is 18.4 Å². The lowest BCUT2D eigenvalue weighted by Crippen LogP contribution is -2.15. The van der Waals surface area contributed by atoms with Gasteiger partial charge in [0.2, 0.25) is 0 Å². The van der Waals surface area contributed by atoms with Crippen molar-refractivity contribution in [2.45, 2.75) is 25.4 Å². The van der Waals surface area contributed by atoms with E-state index in [1.54, 1.807) is 12.3 Å². The summed E-state index contributed by atoms with van der Waals surface area (Å²) in [6.07, 6.45) is 6.13. The predicted molar refractivity (Wildman–Crippen MR) is 83.3 cm³/mol. The quantitative estimate of drug-likeness (QED) is 0.857. The molecule has 0 radical (unpaired) electrons. The highest BCUT2D eigenvalue weighted by Crippen LogP contribution is 2.31.